The molecule has 5 rings (SSSR count). The quantitative estimate of drug-likeness (QED) is 0.290. The van der Waals surface area contributed by atoms with Gasteiger partial charge in [-0.15, -0.1) is 0 Å². The molecule has 0 radical (unpaired) electrons. The van der Waals surface area contributed by atoms with Gasteiger partial charge in [-0.25, -0.2) is 0 Å². The van der Waals surface area contributed by atoms with Gasteiger partial charge in [0, 0.05) is 0 Å². The molecule has 5 saturated carbocycles. The molecule has 44 heavy (non-hydrogen) atoms. The molecule has 0 saturated heterocycles. The fraction of sp³-hybridized carbons (Fsp3) is 1.00. The first kappa shape index (κ1) is 35.3. The molecule has 0 spiro atoms. The second-order valence-electron chi connectivity index (χ2n) is 19.5. The Kier molecular flexibility index (Phi) is 10.5. The average molecular weight is 611 g/mol. The Morgan fingerprint density at radius 2 is 1.48 bits per heavy atom. The van der Waals surface area contributed by atoms with Crippen molar-refractivity contribution in [2.45, 2.75) is 173 Å². The molecule has 5 fully saturated rings. The van der Waals surface area contributed by atoms with Crippen molar-refractivity contribution >= 4 is 0 Å². The smallest absolute Gasteiger partial charge is 0.0571 e. The highest BCUT2D eigenvalue weighted by molar-refractivity contribution is 5.20. The molecular weight excluding hydrogens is 532 g/mol. The number of aliphatic hydroxyl groups excluding tert-OH is 1. The Morgan fingerprint density at radius 1 is 0.818 bits per heavy atom. The lowest BCUT2D eigenvalue weighted by Gasteiger charge is -2.76. The van der Waals surface area contributed by atoms with E-state index in [-0.39, 0.29) is 11.5 Å². The predicted molar refractivity (Wildman–Crippen MR) is 190 cm³/mol. The molecule has 16 atom stereocenters. The molecule has 0 aromatic carbocycles. The van der Waals surface area contributed by atoms with Crippen LogP contribution in [0.25, 0.3) is 0 Å². The summed E-state index contributed by atoms with van der Waals surface area (Å²) in [4.78, 5) is 0. The molecule has 13 unspecified atom stereocenters. The van der Waals surface area contributed by atoms with Gasteiger partial charge in [-0.05, 0) is 138 Å². The van der Waals surface area contributed by atoms with Gasteiger partial charge in [-0.2, -0.15) is 0 Å². The molecule has 0 amide bonds. The zero-order chi connectivity index (χ0) is 32.4. The van der Waals surface area contributed by atoms with Gasteiger partial charge >= 0.3 is 0 Å². The minimum atomic E-state index is -0.171. The number of rotatable bonds is 8. The van der Waals surface area contributed by atoms with Gasteiger partial charge in [0.2, 0.25) is 0 Å². The first-order chi connectivity index (χ1) is 20.7. The van der Waals surface area contributed by atoms with Crippen LogP contribution in [0, 0.1) is 99.1 Å². The molecule has 5 aliphatic carbocycles. The van der Waals surface area contributed by atoms with Gasteiger partial charge in [0.1, 0.15) is 0 Å². The first-order valence-electron chi connectivity index (χ1n) is 20.4. The summed E-state index contributed by atoms with van der Waals surface area (Å²) in [6.07, 6.45) is 18.3. The van der Waals surface area contributed by atoms with Gasteiger partial charge in [0.05, 0.1) is 6.10 Å². The molecule has 1 nitrogen and oxygen atoms in total. The molecule has 0 aromatic rings. The number of aliphatic hydroxyl groups is 1. The van der Waals surface area contributed by atoms with E-state index in [0.29, 0.717) is 40.4 Å². The maximum absolute atomic E-state index is 11.6. The Bertz CT molecular complexity index is 949. The molecule has 1 N–H and O–H groups in total. The number of fused-ring (bicyclic) bond motifs is 3. The Labute approximate surface area is 276 Å². The molecule has 256 valence electrons. The van der Waals surface area contributed by atoms with E-state index in [0.717, 1.165) is 59.7 Å². The zero-order valence-corrected chi connectivity index (χ0v) is 31.8. The van der Waals surface area contributed by atoms with E-state index in [1.54, 1.807) is 0 Å². The van der Waals surface area contributed by atoms with Crippen LogP contribution < -0.4 is 0 Å². The number of hydrogen-bond acceptors (Lipinski definition) is 1. The highest BCUT2D eigenvalue weighted by Gasteiger charge is 2.72. The summed E-state index contributed by atoms with van der Waals surface area (Å²) >= 11 is 0. The Hall–Kier alpha value is -0.0400. The van der Waals surface area contributed by atoms with Crippen molar-refractivity contribution in [3.63, 3.8) is 0 Å². The lowest BCUT2D eigenvalue weighted by Crippen LogP contribution is -2.71. The first-order valence-corrected chi connectivity index (χ1v) is 20.4. The largest absolute Gasteiger partial charge is 0.393 e. The molecule has 0 aliphatic heterocycles. The third kappa shape index (κ3) is 5.33. The molecule has 0 heterocycles. The fourth-order valence-corrected chi connectivity index (χ4v) is 16.3. The lowest BCUT2D eigenvalue weighted by molar-refractivity contribution is -0.284. The van der Waals surface area contributed by atoms with E-state index in [1.807, 2.05) is 0 Å². The van der Waals surface area contributed by atoms with Gasteiger partial charge < -0.3 is 5.11 Å². The summed E-state index contributed by atoms with van der Waals surface area (Å²) in [5.74, 6) is 10.9. The topological polar surface area (TPSA) is 20.2 Å². The summed E-state index contributed by atoms with van der Waals surface area (Å²) in [6, 6.07) is 0. The monoisotopic (exact) mass is 611 g/mol. The van der Waals surface area contributed by atoms with E-state index in [9.17, 15) is 5.11 Å². The van der Waals surface area contributed by atoms with Crippen molar-refractivity contribution < 1.29 is 5.11 Å². The van der Waals surface area contributed by atoms with E-state index in [2.05, 4.69) is 83.1 Å². The Morgan fingerprint density at radius 3 is 2.05 bits per heavy atom. The normalized spacial score (nSPS) is 51.3. The van der Waals surface area contributed by atoms with Crippen LogP contribution in [0.2, 0.25) is 0 Å². The fourth-order valence-electron chi connectivity index (χ4n) is 16.3. The van der Waals surface area contributed by atoms with E-state index < -0.39 is 0 Å². The van der Waals surface area contributed by atoms with Crippen LogP contribution in [0.1, 0.15) is 167 Å². The van der Waals surface area contributed by atoms with Gasteiger partial charge in [0.15, 0.2) is 0 Å². The third-order valence-corrected chi connectivity index (χ3v) is 17.5. The third-order valence-electron chi connectivity index (χ3n) is 17.5. The van der Waals surface area contributed by atoms with Crippen LogP contribution in [-0.2, 0) is 0 Å². The summed E-state index contributed by atoms with van der Waals surface area (Å²) in [6.45, 7) is 31.4. The predicted octanol–water partition coefficient (Wildman–Crippen LogP) is 12.3. The van der Waals surface area contributed by atoms with Crippen molar-refractivity contribution in [3.8, 4) is 0 Å². The lowest BCUT2D eigenvalue weighted by atomic mass is 9.29. The number of hydrogen-bond donors (Lipinski definition) is 1. The Balaban J connectivity index is 1.57. The van der Waals surface area contributed by atoms with Crippen molar-refractivity contribution in [1.29, 1.82) is 0 Å². The van der Waals surface area contributed by atoms with Crippen molar-refractivity contribution in [2.24, 2.45) is 99.1 Å². The van der Waals surface area contributed by atoms with Crippen LogP contribution in [0.4, 0.5) is 0 Å². The highest BCUT2D eigenvalue weighted by atomic mass is 16.3. The van der Waals surface area contributed by atoms with Crippen LogP contribution in [0.5, 0.6) is 0 Å². The minimum absolute atomic E-state index is 0.171. The molecular formula is C43H78O. The highest BCUT2D eigenvalue weighted by Crippen LogP contribution is 2.77. The van der Waals surface area contributed by atoms with Gasteiger partial charge in [0.25, 0.3) is 0 Å². The standard InChI is InChI=1S/C43H78O/c1-13-32-21-22-33(27(6)23-31-19-17-16-18-20-31)34-24-41(10)25-42(11)39(26(4)5)28(7)37(36(44)15-3)30(9)43(42,12)35(14-2)40(41)29(8)38(32)34/h26-40,44H,13-25H2,1-12H3/t27?,28-,29?,30?,32?,33?,34?,35?,36?,37?,38?,39-,40?,41+,42?,43?/m0/s1. The van der Waals surface area contributed by atoms with Gasteiger partial charge in [-0.3, -0.25) is 0 Å². The van der Waals surface area contributed by atoms with E-state index in [1.165, 1.54) is 77.0 Å². The van der Waals surface area contributed by atoms with Crippen LogP contribution >= 0.6 is 0 Å². The molecule has 5 aliphatic rings. The maximum Gasteiger partial charge on any atom is 0.0571 e. The van der Waals surface area contributed by atoms with Crippen LogP contribution in [0.15, 0.2) is 0 Å². The second kappa shape index (κ2) is 13.1. The van der Waals surface area contributed by atoms with E-state index in [4.69, 9.17) is 0 Å². The molecule has 1 heteroatoms. The maximum atomic E-state index is 11.6. The SMILES string of the molecule is CCC(O)C1C(C)C2(C)C(CC)C3C(C)C4C(CC)CCC(C(C)CC5CCCCC5)C4C[C@]3(C)CC2(C)[C@@H](C(C)C)[C@H]1C. The van der Waals surface area contributed by atoms with Crippen LogP contribution in [0.3, 0.4) is 0 Å². The second-order valence-corrected chi connectivity index (χ2v) is 19.5. The molecule has 0 aromatic heterocycles. The average Bonchev–Trinajstić information content (AvgIpc) is 2.97. The summed E-state index contributed by atoms with van der Waals surface area (Å²) in [5.41, 5.74) is 1.00. The summed E-state index contributed by atoms with van der Waals surface area (Å²) in [5, 5.41) is 11.6. The van der Waals surface area contributed by atoms with E-state index >= 15 is 0 Å². The minimum Gasteiger partial charge on any atom is -0.393 e. The summed E-state index contributed by atoms with van der Waals surface area (Å²) < 4.78 is 0. The van der Waals surface area contributed by atoms with Crippen molar-refractivity contribution in [1.82, 2.24) is 0 Å². The van der Waals surface area contributed by atoms with Gasteiger partial charge in [-0.1, -0.05) is 128 Å². The van der Waals surface area contributed by atoms with Crippen molar-refractivity contribution in [2.75, 3.05) is 0 Å². The molecule has 0 bridgehead atoms. The summed E-state index contributed by atoms with van der Waals surface area (Å²) in [7, 11) is 0. The zero-order valence-electron chi connectivity index (χ0n) is 31.8. The van der Waals surface area contributed by atoms with Crippen LogP contribution in [-0.4, -0.2) is 11.2 Å². The van der Waals surface area contributed by atoms with Crippen molar-refractivity contribution in [3.05, 3.63) is 0 Å².